The van der Waals surface area contributed by atoms with E-state index in [0.717, 1.165) is 0 Å². The molecule has 1 aromatic rings. The fraction of sp³-hybridized carbons (Fsp3) is 0.333. The van der Waals surface area contributed by atoms with E-state index in [0.29, 0.717) is 0 Å². The summed E-state index contributed by atoms with van der Waals surface area (Å²) in [5.74, 6) is -1.48. The lowest BCUT2D eigenvalue weighted by Crippen LogP contribution is -2.40. The molecule has 1 heterocycles. The van der Waals surface area contributed by atoms with Crippen molar-refractivity contribution in [1.82, 2.24) is 4.90 Å². The topological polar surface area (TPSA) is 66.8 Å². The van der Waals surface area contributed by atoms with Gasteiger partial charge in [0.05, 0.1) is 13.2 Å². The van der Waals surface area contributed by atoms with Crippen molar-refractivity contribution < 1.29 is 23.8 Å². The van der Waals surface area contributed by atoms with E-state index in [-0.39, 0.29) is 18.5 Å². The zero-order valence-electron chi connectivity index (χ0n) is 11.5. The second kappa shape index (κ2) is 6.49. The first-order valence-electron chi connectivity index (χ1n) is 6.52. The summed E-state index contributed by atoms with van der Waals surface area (Å²) in [6.07, 6.45) is 1.91. The Balaban J connectivity index is 2.12. The zero-order chi connectivity index (χ0) is 15.4. The number of ether oxygens (including phenoxy) is 1. The molecule has 5 nitrogen and oxygen atoms in total. The third kappa shape index (κ3) is 3.46. The van der Waals surface area contributed by atoms with Crippen molar-refractivity contribution in [1.29, 1.82) is 0 Å². The van der Waals surface area contributed by atoms with Crippen LogP contribution in [0.25, 0.3) is 6.08 Å². The molecule has 0 aromatic heterocycles. The summed E-state index contributed by atoms with van der Waals surface area (Å²) in [6, 6.07) is 5.24. The van der Waals surface area contributed by atoms with E-state index < -0.39 is 29.8 Å². The second-order valence-corrected chi connectivity index (χ2v) is 4.77. The number of aliphatic hydroxyl groups excluding tert-OH is 1. The van der Waals surface area contributed by atoms with Gasteiger partial charge in [-0.25, -0.2) is 9.18 Å². The van der Waals surface area contributed by atoms with Gasteiger partial charge in [-0.1, -0.05) is 18.2 Å². The predicted octanol–water partition coefficient (Wildman–Crippen LogP) is 0.974. The fourth-order valence-corrected chi connectivity index (χ4v) is 2.28. The lowest BCUT2D eigenvalue weighted by molar-refractivity contribution is -0.149. The highest BCUT2D eigenvalue weighted by Gasteiger charge is 2.38. The lowest BCUT2D eigenvalue weighted by atomic mass is 10.2. The molecule has 112 valence electrons. The van der Waals surface area contributed by atoms with E-state index >= 15 is 0 Å². The number of likely N-dealkylation sites (tertiary alicyclic amines) is 1. The number of nitrogens with zero attached hydrogens (tertiary/aromatic N) is 1. The molecule has 0 bridgehead atoms. The van der Waals surface area contributed by atoms with Crippen LogP contribution < -0.4 is 0 Å². The fourth-order valence-electron chi connectivity index (χ4n) is 2.28. The van der Waals surface area contributed by atoms with Crippen molar-refractivity contribution in [2.45, 2.75) is 18.6 Å². The maximum Gasteiger partial charge on any atom is 0.328 e. The summed E-state index contributed by atoms with van der Waals surface area (Å²) in [4.78, 5) is 24.9. The van der Waals surface area contributed by atoms with Gasteiger partial charge in [-0.05, 0) is 12.1 Å². The van der Waals surface area contributed by atoms with Gasteiger partial charge in [0.1, 0.15) is 11.9 Å². The number of hydrogen-bond acceptors (Lipinski definition) is 4. The number of halogens is 1. The molecule has 1 fully saturated rings. The number of hydrogen-bond donors (Lipinski definition) is 1. The smallest absolute Gasteiger partial charge is 0.328 e. The van der Waals surface area contributed by atoms with Crippen LogP contribution in [0.15, 0.2) is 30.3 Å². The highest BCUT2D eigenvalue weighted by atomic mass is 19.1. The van der Waals surface area contributed by atoms with E-state index in [1.54, 1.807) is 12.1 Å². The van der Waals surface area contributed by atoms with Gasteiger partial charge in [-0.15, -0.1) is 0 Å². The number of amides is 1. The number of aliphatic hydroxyl groups is 1. The predicted molar refractivity (Wildman–Crippen MR) is 73.6 cm³/mol. The Hall–Kier alpha value is -2.21. The minimum Gasteiger partial charge on any atom is -0.467 e. The lowest BCUT2D eigenvalue weighted by Gasteiger charge is -2.20. The maximum absolute atomic E-state index is 13.4. The highest BCUT2D eigenvalue weighted by molar-refractivity contribution is 5.95. The van der Waals surface area contributed by atoms with Crippen LogP contribution in [0, 0.1) is 5.82 Å². The van der Waals surface area contributed by atoms with E-state index in [1.807, 2.05) is 0 Å². The molecule has 2 unspecified atom stereocenters. The number of rotatable bonds is 3. The van der Waals surface area contributed by atoms with Crippen LogP contribution in [0.2, 0.25) is 0 Å². The molecule has 1 aliphatic heterocycles. The first kappa shape index (κ1) is 15.2. The maximum atomic E-state index is 13.4. The molecule has 0 spiro atoms. The monoisotopic (exact) mass is 293 g/mol. The third-order valence-electron chi connectivity index (χ3n) is 3.35. The van der Waals surface area contributed by atoms with E-state index in [2.05, 4.69) is 4.74 Å². The van der Waals surface area contributed by atoms with Crippen LogP contribution in [0.4, 0.5) is 4.39 Å². The average molecular weight is 293 g/mol. The first-order chi connectivity index (χ1) is 10.0. The summed E-state index contributed by atoms with van der Waals surface area (Å²) in [5.41, 5.74) is 0.278. The van der Waals surface area contributed by atoms with E-state index in [9.17, 15) is 19.1 Å². The largest absolute Gasteiger partial charge is 0.467 e. The van der Waals surface area contributed by atoms with E-state index in [4.69, 9.17) is 0 Å². The Bertz CT molecular complexity index is 573. The van der Waals surface area contributed by atoms with Crippen molar-refractivity contribution in [3.05, 3.63) is 41.7 Å². The zero-order valence-corrected chi connectivity index (χ0v) is 11.5. The van der Waals surface area contributed by atoms with Crippen molar-refractivity contribution >= 4 is 18.0 Å². The van der Waals surface area contributed by atoms with Crippen LogP contribution in [0.3, 0.4) is 0 Å². The number of esters is 1. The molecule has 6 heteroatoms. The van der Waals surface area contributed by atoms with Gasteiger partial charge >= 0.3 is 5.97 Å². The van der Waals surface area contributed by atoms with Crippen LogP contribution in [-0.4, -0.2) is 47.7 Å². The number of β-amino-alcohol motifs (C(OH)–C–C–N with tert-alkyl or cyclic N) is 1. The Labute approximate surface area is 121 Å². The van der Waals surface area contributed by atoms with Gasteiger partial charge < -0.3 is 14.7 Å². The molecule has 2 atom stereocenters. The van der Waals surface area contributed by atoms with Crippen molar-refractivity contribution in [3.8, 4) is 0 Å². The molecule has 1 aromatic carbocycles. The Morgan fingerprint density at radius 3 is 2.81 bits per heavy atom. The first-order valence-corrected chi connectivity index (χ1v) is 6.52. The summed E-state index contributed by atoms with van der Waals surface area (Å²) >= 11 is 0. The number of carbonyl (C=O) groups is 2. The van der Waals surface area contributed by atoms with Crippen LogP contribution >= 0.6 is 0 Å². The number of carbonyl (C=O) groups excluding carboxylic acids is 2. The molecular weight excluding hydrogens is 277 g/mol. The Morgan fingerprint density at radius 2 is 2.14 bits per heavy atom. The molecule has 1 N–H and O–H groups in total. The van der Waals surface area contributed by atoms with Crippen LogP contribution in [0.1, 0.15) is 12.0 Å². The van der Waals surface area contributed by atoms with Crippen molar-refractivity contribution in [2.75, 3.05) is 13.7 Å². The van der Waals surface area contributed by atoms with Gasteiger partial charge in [-0.2, -0.15) is 0 Å². The number of benzene rings is 1. The molecule has 0 radical (unpaired) electrons. The molecule has 1 amide bonds. The molecule has 1 saturated heterocycles. The summed E-state index contributed by atoms with van der Waals surface area (Å²) in [7, 11) is 1.23. The van der Waals surface area contributed by atoms with Gasteiger partial charge in [-0.3, -0.25) is 4.79 Å². The molecule has 1 aliphatic rings. The molecule has 0 saturated carbocycles. The SMILES string of the molecule is COC(=O)C1CC(O)CN1C(=O)/C=C/c1ccccc1F. The minimum atomic E-state index is -0.803. The molecular formula is C15H16FNO4. The standard InChI is InChI=1S/C15H16FNO4/c1-21-15(20)13-8-11(18)9-17(13)14(19)7-6-10-4-2-3-5-12(10)16/h2-7,11,13,18H,8-9H2,1H3/b7-6+. The van der Waals surface area contributed by atoms with E-state index in [1.165, 1.54) is 36.3 Å². The second-order valence-electron chi connectivity index (χ2n) is 4.77. The highest BCUT2D eigenvalue weighted by Crippen LogP contribution is 2.20. The molecule has 2 rings (SSSR count). The minimum absolute atomic E-state index is 0.0558. The molecule has 21 heavy (non-hydrogen) atoms. The number of methoxy groups -OCH3 is 1. The van der Waals surface area contributed by atoms with Gasteiger partial charge in [0.2, 0.25) is 5.91 Å². The van der Waals surface area contributed by atoms with Crippen LogP contribution in [-0.2, 0) is 14.3 Å². The summed E-state index contributed by atoms with van der Waals surface area (Å²) in [6.45, 7) is 0.0558. The van der Waals surface area contributed by atoms with Crippen molar-refractivity contribution in [3.63, 3.8) is 0 Å². The Kier molecular flexibility index (Phi) is 4.70. The van der Waals surface area contributed by atoms with Crippen LogP contribution in [0.5, 0.6) is 0 Å². The van der Waals surface area contributed by atoms with Gasteiger partial charge in [0.25, 0.3) is 0 Å². The average Bonchev–Trinajstić information content (AvgIpc) is 2.87. The van der Waals surface area contributed by atoms with Gasteiger partial charge in [0.15, 0.2) is 0 Å². The van der Waals surface area contributed by atoms with Crippen molar-refractivity contribution in [2.24, 2.45) is 0 Å². The molecule has 0 aliphatic carbocycles. The Morgan fingerprint density at radius 1 is 1.43 bits per heavy atom. The summed E-state index contributed by atoms with van der Waals surface area (Å²) < 4.78 is 18.1. The third-order valence-corrected chi connectivity index (χ3v) is 3.35. The van der Waals surface area contributed by atoms with Gasteiger partial charge in [0, 0.05) is 24.6 Å². The normalized spacial score (nSPS) is 21.8. The summed E-state index contributed by atoms with van der Waals surface area (Å²) in [5, 5.41) is 9.61. The quantitative estimate of drug-likeness (QED) is 0.666.